The topological polar surface area (TPSA) is 97.2 Å². The van der Waals surface area contributed by atoms with E-state index in [0.717, 1.165) is 0 Å². The van der Waals surface area contributed by atoms with Crippen molar-refractivity contribution in [1.82, 2.24) is 4.98 Å². The number of nitro benzene ring substituents is 1. The van der Waals surface area contributed by atoms with Gasteiger partial charge < -0.3 is 10.6 Å². The van der Waals surface area contributed by atoms with E-state index in [1.165, 1.54) is 18.3 Å². The molecule has 1 aromatic heterocycles. The lowest BCUT2D eigenvalue weighted by Crippen LogP contribution is -2.14. The highest BCUT2D eigenvalue weighted by Crippen LogP contribution is 2.23. The molecule has 0 aliphatic rings. The number of hydrogen-bond donors (Lipinski definition) is 2. The maximum Gasteiger partial charge on any atom is 0.282 e. The first-order valence-corrected chi connectivity index (χ1v) is 5.79. The predicted octanol–water partition coefficient (Wildman–Crippen LogP) is 2.28. The molecule has 20 heavy (non-hydrogen) atoms. The van der Waals surface area contributed by atoms with E-state index in [0.29, 0.717) is 11.4 Å². The summed E-state index contributed by atoms with van der Waals surface area (Å²) in [6, 6.07) is 7.58. The summed E-state index contributed by atoms with van der Waals surface area (Å²) in [7, 11) is 1.67. The van der Waals surface area contributed by atoms with Gasteiger partial charge in [-0.25, -0.2) is 0 Å². The second kappa shape index (κ2) is 5.79. The van der Waals surface area contributed by atoms with Crippen LogP contribution in [-0.4, -0.2) is 22.9 Å². The number of amides is 1. The van der Waals surface area contributed by atoms with Crippen molar-refractivity contribution >= 4 is 23.0 Å². The van der Waals surface area contributed by atoms with Gasteiger partial charge in [0.2, 0.25) is 0 Å². The fourth-order valence-corrected chi connectivity index (χ4v) is 1.67. The minimum Gasteiger partial charge on any atom is -0.388 e. The van der Waals surface area contributed by atoms with E-state index in [1.807, 2.05) is 0 Å². The smallest absolute Gasteiger partial charge is 0.282 e. The van der Waals surface area contributed by atoms with Gasteiger partial charge in [0, 0.05) is 25.0 Å². The van der Waals surface area contributed by atoms with Crippen LogP contribution in [0.4, 0.5) is 17.1 Å². The largest absolute Gasteiger partial charge is 0.388 e. The number of hydrogen-bond acceptors (Lipinski definition) is 5. The number of benzene rings is 1. The van der Waals surface area contributed by atoms with Crippen LogP contribution in [0.2, 0.25) is 0 Å². The number of anilines is 2. The lowest BCUT2D eigenvalue weighted by Gasteiger charge is -2.07. The number of carbonyl (C=O) groups excluding carboxylic acids is 1. The number of aromatic nitrogens is 1. The standard InChI is InChI=1S/C13H12N4O3/c1-14-9-4-5-12(17(19)20)11(7-9)13(18)16-10-3-2-6-15-8-10/h2-8,14H,1H3,(H,16,18). The van der Waals surface area contributed by atoms with Gasteiger partial charge in [0.05, 0.1) is 16.8 Å². The number of nitro groups is 1. The molecule has 0 radical (unpaired) electrons. The molecule has 0 aliphatic heterocycles. The molecule has 1 amide bonds. The number of carbonyl (C=O) groups is 1. The Hall–Kier alpha value is -2.96. The van der Waals surface area contributed by atoms with Crippen LogP contribution in [0.1, 0.15) is 10.4 Å². The van der Waals surface area contributed by atoms with Crippen LogP contribution in [0, 0.1) is 10.1 Å². The van der Waals surface area contributed by atoms with Gasteiger partial charge in [0.15, 0.2) is 0 Å². The van der Waals surface area contributed by atoms with E-state index in [1.54, 1.807) is 31.4 Å². The Balaban J connectivity index is 2.35. The van der Waals surface area contributed by atoms with E-state index < -0.39 is 10.8 Å². The zero-order chi connectivity index (χ0) is 14.5. The molecular weight excluding hydrogens is 260 g/mol. The van der Waals surface area contributed by atoms with Crippen LogP contribution >= 0.6 is 0 Å². The third-order valence-electron chi connectivity index (χ3n) is 2.65. The number of nitrogens with one attached hydrogen (secondary N) is 2. The quantitative estimate of drug-likeness (QED) is 0.657. The highest BCUT2D eigenvalue weighted by molar-refractivity contribution is 6.07. The predicted molar refractivity (Wildman–Crippen MR) is 74.8 cm³/mol. The average molecular weight is 272 g/mol. The van der Waals surface area contributed by atoms with E-state index in [9.17, 15) is 14.9 Å². The normalized spacial score (nSPS) is 9.85. The van der Waals surface area contributed by atoms with Gasteiger partial charge in [-0.05, 0) is 24.3 Å². The van der Waals surface area contributed by atoms with Crippen LogP contribution in [0.5, 0.6) is 0 Å². The van der Waals surface area contributed by atoms with Gasteiger partial charge in [-0.1, -0.05) is 0 Å². The molecule has 0 fully saturated rings. The van der Waals surface area contributed by atoms with Crippen molar-refractivity contribution in [2.75, 3.05) is 17.7 Å². The first-order valence-electron chi connectivity index (χ1n) is 5.79. The Morgan fingerprint density at radius 1 is 1.30 bits per heavy atom. The van der Waals surface area contributed by atoms with Crippen molar-refractivity contribution in [1.29, 1.82) is 0 Å². The first-order chi connectivity index (χ1) is 9.61. The first kappa shape index (κ1) is 13.5. The molecular formula is C13H12N4O3. The van der Waals surface area contributed by atoms with Crippen LogP contribution in [0.25, 0.3) is 0 Å². The monoisotopic (exact) mass is 272 g/mol. The minimum absolute atomic E-state index is 0.00861. The molecule has 1 aromatic carbocycles. The fraction of sp³-hybridized carbons (Fsp3) is 0.0769. The molecule has 1 heterocycles. The zero-order valence-corrected chi connectivity index (χ0v) is 10.7. The summed E-state index contributed by atoms with van der Waals surface area (Å²) in [5, 5.41) is 16.4. The SMILES string of the molecule is CNc1ccc([N+](=O)[O-])c(C(=O)Nc2cccnc2)c1. The lowest BCUT2D eigenvalue weighted by molar-refractivity contribution is -0.385. The van der Waals surface area contributed by atoms with Crippen molar-refractivity contribution < 1.29 is 9.72 Å². The highest BCUT2D eigenvalue weighted by Gasteiger charge is 2.20. The van der Waals surface area contributed by atoms with Crippen LogP contribution < -0.4 is 10.6 Å². The van der Waals surface area contributed by atoms with Crippen LogP contribution in [0.15, 0.2) is 42.7 Å². The molecule has 0 spiro atoms. The Labute approximate surface area is 114 Å². The summed E-state index contributed by atoms with van der Waals surface area (Å²) >= 11 is 0. The maximum atomic E-state index is 12.1. The van der Waals surface area contributed by atoms with Gasteiger partial charge in [0.1, 0.15) is 5.56 Å². The molecule has 2 N–H and O–H groups in total. The van der Waals surface area contributed by atoms with Crippen molar-refractivity contribution in [3.05, 3.63) is 58.4 Å². The van der Waals surface area contributed by atoms with Crippen molar-refractivity contribution in [2.45, 2.75) is 0 Å². The van der Waals surface area contributed by atoms with E-state index in [4.69, 9.17) is 0 Å². The lowest BCUT2D eigenvalue weighted by atomic mass is 10.1. The van der Waals surface area contributed by atoms with Gasteiger partial charge in [-0.15, -0.1) is 0 Å². The van der Waals surface area contributed by atoms with E-state index in [2.05, 4.69) is 15.6 Å². The second-order valence-corrected chi connectivity index (χ2v) is 3.93. The minimum atomic E-state index is -0.586. The number of rotatable bonds is 4. The molecule has 0 bridgehead atoms. The molecule has 2 aromatic rings. The van der Waals surface area contributed by atoms with Crippen molar-refractivity contribution in [3.63, 3.8) is 0 Å². The van der Waals surface area contributed by atoms with Gasteiger partial charge in [-0.3, -0.25) is 19.9 Å². The van der Waals surface area contributed by atoms with Crippen LogP contribution in [-0.2, 0) is 0 Å². The molecule has 102 valence electrons. The molecule has 2 rings (SSSR count). The fourth-order valence-electron chi connectivity index (χ4n) is 1.67. The highest BCUT2D eigenvalue weighted by atomic mass is 16.6. The van der Waals surface area contributed by atoms with Gasteiger partial charge in [0.25, 0.3) is 11.6 Å². The van der Waals surface area contributed by atoms with E-state index in [-0.39, 0.29) is 11.3 Å². The molecule has 0 saturated carbocycles. The Bertz CT molecular complexity index is 643. The summed E-state index contributed by atoms with van der Waals surface area (Å²) in [6.45, 7) is 0. The summed E-state index contributed by atoms with van der Waals surface area (Å²) in [5.74, 6) is -0.554. The van der Waals surface area contributed by atoms with Gasteiger partial charge in [-0.2, -0.15) is 0 Å². The zero-order valence-electron chi connectivity index (χ0n) is 10.7. The molecule has 0 saturated heterocycles. The Kier molecular flexibility index (Phi) is 3.90. The second-order valence-electron chi connectivity index (χ2n) is 3.93. The Morgan fingerprint density at radius 2 is 2.10 bits per heavy atom. The molecule has 0 atom stereocenters. The third-order valence-corrected chi connectivity index (χ3v) is 2.65. The molecule has 0 unspecified atom stereocenters. The summed E-state index contributed by atoms with van der Waals surface area (Å²) < 4.78 is 0. The summed E-state index contributed by atoms with van der Waals surface area (Å²) in [6.07, 6.45) is 3.03. The number of pyridine rings is 1. The van der Waals surface area contributed by atoms with Crippen molar-refractivity contribution in [2.24, 2.45) is 0 Å². The summed E-state index contributed by atoms with van der Waals surface area (Å²) in [4.78, 5) is 26.4. The van der Waals surface area contributed by atoms with Crippen LogP contribution in [0.3, 0.4) is 0 Å². The van der Waals surface area contributed by atoms with Gasteiger partial charge >= 0.3 is 0 Å². The third kappa shape index (κ3) is 2.89. The summed E-state index contributed by atoms with van der Waals surface area (Å²) in [5.41, 5.74) is 0.838. The molecule has 0 aliphatic carbocycles. The average Bonchev–Trinajstić information content (AvgIpc) is 2.47. The molecule has 7 heteroatoms. The maximum absolute atomic E-state index is 12.1. The Morgan fingerprint density at radius 3 is 2.70 bits per heavy atom. The molecule has 7 nitrogen and oxygen atoms in total. The number of nitrogens with zero attached hydrogens (tertiary/aromatic N) is 2. The van der Waals surface area contributed by atoms with Crippen molar-refractivity contribution in [3.8, 4) is 0 Å². The van der Waals surface area contributed by atoms with E-state index >= 15 is 0 Å².